The zero-order valence-corrected chi connectivity index (χ0v) is 21.0. The molecule has 3 atom stereocenters. The van der Waals surface area contributed by atoms with Gasteiger partial charge in [0.1, 0.15) is 5.75 Å². The number of likely N-dealkylation sites (tertiary alicyclic amines) is 1. The molecule has 4 rings (SSSR count). The smallest absolute Gasteiger partial charge is 0.303 e. The van der Waals surface area contributed by atoms with E-state index in [9.17, 15) is 15.0 Å². The second-order valence-electron chi connectivity index (χ2n) is 9.86. The van der Waals surface area contributed by atoms with Crippen molar-refractivity contribution in [3.8, 4) is 5.75 Å². The number of aliphatic carboxylic acids is 1. The first kappa shape index (κ1) is 25.3. The highest BCUT2D eigenvalue weighted by Crippen LogP contribution is 2.35. The molecular weight excluding hydrogens is 448 g/mol. The van der Waals surface area contributed by atoms with Gasteiger partial charge in [-0.15, -0.1) is 0 Å². The van der Waals surface area contributed by atoms with Gasteiger partial charge in [0.25, 0.3) is 0 Å². The number of carboxylic acids is 1. The van der Waals surface area contributed by atoms with Gasteiger partial charge in [0, 0.05) is 42.1 Å². The number of ether oxygens (including phenoxy) is 1. The van der Waals surface area contributed by atoms with Crippen LogP contribution in [0.3, 0.4) is 0 Å². The third-order valence-corrected chi connectivity index (χ3v) is 8.99. The van der Waals surface area contributed by atoms with Crippen LogP contribution in [0.15, 0.2) is 30.5 Å². The molecule has 1 aromatic heterocycles. The topological polar surface area (TPSA) is 82.9 Å². The molecule has 1 aliphatic carbocycles. The van der Waals surface area contributed by atoms with Crippen molar-refractivity contribution in [2.24, 2.45) is 11.8 Å². The predicted octanol–water partition coefficient (Wildman–Crippen LogP) is 5.15. The highest BCUT2D eigenvalue weighted by atomic mass is 32.2. The number of hydrogen-bond donors (Lipinski definition) is 2. The van der Waals surface area contributed by atoms with Gasteiger partial charge in [0.05, 0.1) is 18.7 Å². The first-order valence-corrected chi connectivity index (χ1v) is 13.7. The summed E-state index contributed by atoms with van der Waals surface area (Å²) >= 11 is 2.10. The number of aliphatic hydroxyl groups excluding tert-OH is 1. The second-order valence-corrected chi connectivity index (χ2v) is 11.3. The fourth-order valence-electron chi connectivity index (χ4n) is 5.69. The zero-order chi connectivity index (χ0) is 23.9. The van der Waals surface area contributed by atoms with E-state index in [1.54, 1.807) is 13.3 Å². The van der Waals surface area contributed by atoms with E-state index in [1.165, 1.54) is 25.7 Å². The van der Waals surface area contributed by atoms with E-state index in [1.807, 2.05) is 24.3 Å². The number of fused-ring (bicyclic) bond motifs is 1. The zero-order valence-electron chi connectivity index (χ0n) is 20.2. The van der Waals surface area contributed by atoms with Crippen molar-refractivity contribution in [2.45, 2.75) is 62.7 Å². The van der Waals surface area contributed by atoms with Crippen LogP contribution in [0.25, 0.3) is 10.9 Å². The Labute approximate surface area is 207 Å². The summed E-state index contributed by atoms with van der Waals surface area (Å²) in [5, 5.41) is 22.3. The number of piperidine rings is 1. The van der Waals surface area contributed by atoms with E-state index in [0.29, 0.717) is 12.3 Å². The molecule has 1 aliphatic heterocycles. The molecular formula is C27H38N2O4S. The summed E-state index contributed by atoms with van der Waals surface area (Å²) < 4.78 is 5.36. The molecule has 1 aromatic carbocycles. The molecule has 186 valence electrons. The van der Waals surface area contributed by atoms with Gasteiger partial charge in [0.15, 0.2) is 0 Å². The third kappa shape index (κ3) is 6.64. The largest absolute Gasteiger partial charge is 0.497 e. The molecule has 7 heteroatoms. The van der Waals surface area contributed by atoms with Crippen molar-refractivity contribution in [2.75, 3.05) is 32.5 Å². The molecule has 0 radical (unpaired) electrons. The number of rotatable bonds is 11. The van der Waals surface area contributed by atoms with Crippen molar-refractivity contribution in [3.63, 3.8) is 0 Å². The number of carbonyl (C=O) groups is 1. The van der Waals surface area contributed by atoms with Gasteiger partial charge in [-0.05, 0) is 80.3 Å². The van der Waals surface area contributed by atoms with Gasteiger partial charge in [-0.25, -0.2) is 0 Å². The highest BCUT2D eigenvalue weighted by Gasteiger charge is 2.31. The lowest BCUT2D eigenvalue weighted by Gasteiger charge is -2.38. The Bertz CT molecular complexity index is 949. The molecule has 2 aliphatic rings. The Morgan fingerprint density at radius 1 is 1.24 bits per heavy atom. The van der Waals surface area contributed by atoms with Crippen LogP contribution in [0, 0.1) is 11.8 Å². The van der Waals surface area contributed by atoms with Crippen LogP contribution in [0.2, 0.25) is 0 Å². The van der Waals surface area contributed by atoms with E-state index in [4.69, 9.17) is 4.74 Å². The van der Waals surface area contributed by atoms with Gasteiger partial charge in [-0.2, -0.15) is 11.8 Å². The molecule has 6 nitrogen and oxygen atoms in total. The minimum atomic E-state index is -0.718. The Kier molecular flexibility index (Phi) is 9.09. The highest BCUT2D eigenvalue weighted by molar-refractivity contribution is 7.99. The van der Waals surface area contributed by atoms with E-state index in [0.717, 1.165) is 65.7 Å². The average Bonchev–Trinajstić information content (AvgIpc) is 3.36. The fraction of sp³-hybridized carbons (Fsp3) is 0.630. The summed E-state index contributed by atoms with van der Waals surface area (Å²) in [6.45, 7) is 2.93. The van der Waals surface area contributed by atoms with Gasteiger partial charge >= 0.3 is 5.97 Å². The first-order valence-electron chi connectivity index (χ1n) is 12.7. The molecule has 0 amide bonds. The van der Waals surface area contributed by atoms with Crippen LogP contribution in [-0.2, 0) is 4.79 Å². The monoisotopic (exact) mass is 486 g/mol. The lowest BCUT2D eigenvalue weighted by atomic mass is 9.79. The molecule has 2 N–H and O–H groups in total. The number of hydrogen-bond acceptors (Lipinski definition) is 6. The number of aliphatic hydroxyl groups is 1. The van der Waals surface area contributed by atoms with E-state index >= 15 is 0 Å². The molecule has 1 saturated heterocycles. The average molecular weight is 487 g/mol. The van der Waals surface area contributed by atoms with Crippen LogP contribution in [-0.4, -0.2) is 63.8 Å². The fourth-order valence-corrected chi connectivity index (χ4v) is 7.05. The minimum absolute atomic E-state index is 0.143. The number of carboxylic acid groups (broad SMARTS) is 1. The maximum Gasteiger partial charge on any atom is 0.303 e. The van der Waals surface area contributed by atoms with Crippen molar-refractivity contribution in [1.82, 2.24) is 9.88 Å². The Morgan fingerprint density at radius 3 is 2.82 bits per heavy atom. The van der Waals surface area contributed by atoms with E-state index < -0.39 is 12.1 Å². The molecule has 2 heterocycles. The van der Waals surface area contributed by atoms with Crippen LogP contribution in [0.1, 0.15) is 63.0 Å². The summed E-state index contributed by atoms with van der Waals surface area (Å²) in [6, 6.07) is 7.60. The first-order chi connectivity index (χ1) is 16.5. The SMILES string of the molecule is COc1ccc2nccc(C(O)CC[C@@H]3CCN(CCSC4CCCC4)C[C@@H]3CC(=O)O)c2c1. The molecule has 2 aromatic rings. The summed E-state index contributed by atoms with van der Waals surface area (Å²) in [5.74, 6) is 1.64. The summed E-state index contributed by atoms with van der Waals surface area (Å²) in [6.07, 6.45) is 9.26. The lowest BCUT2D eigenvalue weighted by molar-refractivity contribution is -0.139. The number of nitrogens with zero attached hydrogens (tertiary/aromatic N) is 2. The Hall–Kier alpha value is -1.83. The number of aromatic nitrogens is 1. The number of thioether (sulfide) groups is 1. The van der Waals surface area contributed by atoms with E-state index in [2.05, 4.69) is 21.6 Å². The standard InChI is InChI=1S/C27H38N2O4S/c1-33-21-7-8-25-24(17-21)23(10-12-28-25)26(30)9-6-19-11-13-29(18-20(19)16-27(31)32)14-15-34-22-4-2-3-5-22/h7-8,10,12,17,19-20,22,26,30H,2-6,9,11,13-16,18H2,1H3,(H,31,32)/t19-,20+,26?/m1/s1. The maximum atomic E-state index is 11.6. The molecule has 1 unspecified atom stereocenters. The lowest BCUT2D eigenvalue weighted by Crippen LogP contribution is -2.42. The Morgan fingerprint density at radius 2 is 2.06 bits per heavy atom. The second kappa shape index (κ2) is 12.2. The molecule has 34 heavy (non-hydrogen) atoms. The van der Waals surface area contributed by atoms with Crippen LogP contribution in [0.5, 0.6) is 5.75 Å². The quantitative estimate of drug-likeness (QED) is 0.455. The van der Waals surface area contributed by atoms with Gasteiger partial charge < -0.3 is 19.8 Å². The Balaban J connectivity index is 1.34. The van der Waals surface area contributed by atoms with Gasteiger partial charge in [0.2, 0.25) is 0 Å². The molecule has 1 saturated carbocycles. The molecule has 2 fully saturated rings. The number of methoxy groups -OCH3 is 1. The van der Waals surface area contributed by atoms with Crippen LogP contribution < -0.4 is 4.74 Å². The summed E-state index contributed by atoms with van der Waals surface area (Å²) in [5.41, 5.74) is 1.70. The minimum Gasteiger partial charge on any atom is -0.497 e. The molecule has 0 spiro atoms. The predicted molar refractivity (Wildman–Crippen MR) is 137 cm³/mol. The number of benzene rings is 1. The molecule has 0 bridgehead atoms. The van der Waals surface area contributed by atoms with Gasteiger partial charge in [-0.1, -0.05) is 12.8 Å². The summed E-state index contributed by atoms with van der Waals surface area (Å²) in [4.78, 5) is 18.5. The van der Waals surface area contributed by atoms with Crippen LogP contribution in [0.4, 0.5) is 0 Å². The van der Waals surface area contributed by atoms with Gasteiger partial charge in [-0.3, -0.25) is 9.78 Å². The third-order valence-electron chi connectivity index (χ3n) is 7.63. The van der Waals surface area contributed by atoms with E-state index in [-0.39, 0.29) is 12.3 Å². The number of pyridine rings is 1. The summed E-state index contributed by atoms with van der Waals surface area (Å²) in [7, 11) is 1.63. The maximum absolute atomic E-state index is 11.6. The van der Waals surface area contributed by atoms with Crippen molar-refractivity contribution < 1.29 is 19.7 Å². The van der Waals surface area contributed by atoms with Crippen LogP contribution >= 0.6 is 11.8 Å². The van der Waals surface area contributed by atoms with Crippen molar-refractivity contribution in [1.29, 1.82) is 0 Å². The normalized spacial score (nSPS) is 22.8. The van der Waals surface area contributed by atoms with Crippen molar-refractivity contribution >= 4 is 28.6 Å². The van der Waals surface area contributed by atoms with Crippen molar-refractivity contribution in [3.05, 3.63) is 36.0 Å².